The maximum Gasteiger partial charge on any atom is 0.233 e. The van der Waals surface area contributed by atoms with Gasteiger partial charge < -0.3 is 14.2 Å². The van der Waals surface area contributed by atoms with Gasteiger partial charge in [0, 0.05) is 30.7 Å². The van der Waals surface area contributed by atoms with Gasteiger partial charge in [-0.1, -0.05) is 41.6 Å². The Kier molecular flexibility index (Phi) is 7.33. The Morgan fingerprint density at radius 2 is 2.07 bits per heavy atom. The largest absolute Gasteiger partial charge is 0.494 e. The van der Waals surface area contributed by atoms with Crippen molar-refractivity contribution >= 4 is 29.3 Å². The van der Waals surface area contributed by atoms with Crippen LogP contribution in [0.15, 0.2) is 47.6 Å². The average molecular weight is 449 g/mol. The summed E-state index contributed by atoms with van der Waals surface area (Å²) in [6, 6.07) is 12.1. The number of benzene rings is 2. The van der Waals surface area contributed by atoms with Crippen molar-refractivity contribution in [2.45, 2.75) is 25.2 Å². The summed E-state index contributed by atoms with van der Waals surface area (Å²) in [5, 5.41) is 9.79. The van der Waals surface area contributed by atoms with E-state index < -0.39 is 5.82 Å². The van der Waals surface area contributed by atoms with Crippen LogP contribution in [0.5, 0.6) is 5.75 Å². The Bertz CT molecular complexity index is 1040. The number of nitrogens with zero attached hydrogens (tertiary/aromatic N) is 4. The van der Waals surface area contributed by atoms with E-state index >= 15 is 0 Å². The fourth-order valence-corrected chi connectivity index (χ4v) is 4.06. The Morgan fingerprint density at radius 3 is 2.73 bits per heavy atom. The smallest absolute Gasteiger partial charge is 0.233 e. The molecule has 30 heavy (non-hydrogen) atoms. The van der Waals surface area contributed by atoms with E-state index in [4.69, 9.17) is 16.3 Å². The molecule has 1 aromatic heterocycles. The minimum absolute atomic E-state index is 0.0915. The van der Waals surface area contributed by atoms with Crippen molar-refractivity contribution < 1.29 is 13.9 Å². The molecule has 0 N–H and O–H groups in total. The van der Waals surface area contributed by atoms with Gasteiger partial charge in [0.1, 0.15) is 0 Å². The van der Waals surface area contributed by atoms with Crippen molar-refractivity contribution in [3.8, 4) is 17.1 Å². The number of aromatic nitrogens is 3. The van der Waals surface area contributed by atoms with Gasteiger partial charge in [0.25, 0.3) is 0 Å². The Labute approximate surface area is 184 Å². The topological polar surface area (TPSA) is 60.2 Å². The second-order valence-corrected chi connectivity index (χ2v) is 7.95. The van der Waals surface area contributed by atoms with Crippen molar-refractivity contribution in [2.24, 2.45) is 0 Å². The number of carbonyl (C=O) groups excluding carboxylic acids is 1. The van der Waals surface area contributed by atoms with Gasteiger partial charge in [-0.3, -0.25) is 4.79 Å². The van der Waals surface area contributed by atoms with Crippen LogP contribution in [0.2, 0.25) is 5.02 Å². The standard InChI is InChI=1S/C21H22ClFN4O2S/c1-4-27-20(15-6-5-7-16(22)11-15)24-25-21(27)30-13-19(28)26(2)12-14-8-9-18(29-3)17(23)10-14/h5-11H,4,12-13H2,1-3H3. The number of thioether (sulfide) groups is 1. The minimum atomic E-state index is -0.449. The Balaban J connectivity index is 1.65. The molecule has 1 heterocycles. The summed E-state index contributed by atoms with van der Waals surface area (Å²) in [5.41, 5.74) is 1.56. The van der Waals surface area contributed by atoms with E-state index in [2.05, 4.69) is 10.2 Å². The molecular weight excluding hydrogens is 427 g/mol. The normalized spacial score (nSPS) is 10.8. The van der Waals surface area contributed by atoms with Crippen molar-refractivity contribution in [2.75, 3.05) is 19.9 Å². The zero-order valence-electron chi connectivity index (χ0n) is 16.9. The summed E-state index contributed by atoms with van der Waals surface area (Å²) >= 11 is 7.40. The van der Waals surface area contributed by atoms with Crippen LogP contribution >= 0.6 is 23.4 Å². The van der Waals surface area contributed by atoms with Gasteiger partial charge in [-0.2, -0.15) is 0 Å². The van der Waals surface area contributed by atoms with Crippen LogP contribution < -0.4 is 4.74 Å². The van der Waals surface area contributed by atoms with Gasteiger partial charge in [-0.05, 0) is 36.8 Å². The highest BCUT2D eigenvalue weighted by atomic mass is 35.5. The quantitative estimate of drug-likeness (QED) is 0.474. The molecule has 0 bridgehead atoms. The fraction of sp³-hybridized carbons (Fsp3) is 0.286. The first-order valence-corrected chi connectivity index (χ1v) is 10.7. The lowest BCUT2D eigenvalue weighted by atomic mass is 10.2. The van der Waals surface area contributed by atoms with Crippen molar-refractivity contribution in [3.05, 3.63) is 58.9 Å². The Hall–Kier alpha value is -2.58. The van der Waals surface area contributed by atoms with Gasteiger partial charge in [0.2, 0.25) is 5.91 Å². The first-order chi connectivity index (χ1) is 14.4. The molecule has 3 rings (SSSR count). The van der Waals surface area contributed by atoms with Crippen molar-refractivity contribution in [1.82, 2.24) is 19.7 Å². The first kappa shape index (κ1) is 22.1. The van der Waals surface area contributed by atoms with Crippen LogP contribution in [0.1, 0.15) is 12.5 Å². The molecule has 2 aromatic carbocycles. The molecule has 0 saturated heterocycles. The van der Waals surface area contributed by atoms with E-state index in [1.54, 1.807) is 30.1 Å². The zero-order chi connectivity index (χ0) is 21.7. The molecule has 0 atom stereocenters. The third-order valence-corrected chi connectivity index (χ3v) is 5.69. The molecule has 0 spiro atoms. The van der Waals surface area contributed by atoms with E-state index in [1.807, 2.05) is 29.7 Å². The highest BCUT2D eigenvalue weighted by Gasteiger charge is 2.17. The van der Waals surface area contributed by atoms with Gasteiger partial charge in [-0.15, -0.1) is 10.2 Å². The molecule has 6 nitrogen and oxygen atoms in total. The predicted octanol–water partition coefficient (Wildman–Crippen LogP) is 4.52. The zero-order valence-corrected chi connectivity index (χ0v) is 18.5. The highest BCUT2D eigenvalue weighted by molar-refractivity contribution is 7.99. The predicted molar refractivity (Wildman–Crippen MR) is 116 cm³/mol. The molecule has 1 amide bonds. The van der Waals surface area contributed by atoms with Crippen LogP contribution in [0.25, 0.3) is 11.4 Å². The van der Waals surface area contributed by atoms with E-state index in [0.717, 1.165) is 5.56 Å². The van der Waals surface area contributed by atoms with Gasteiger partial charge >= 0.3 is 0 Å². The number of ether oxygens (including phenoxy) is 1. The average Bonchev–Trinajstić information content (AvgIpc) is 3.15. The lowest BCUT2D eigenvalue weighted by Crippen LogP contribution is -2.28. The van der Waals surface area contributed by atoms with E-state index in [0.29, 0.717) is 34.7 Å². The van der Waals surface area contributed by atoms with Crippen LogP contribution in [-0.2, 0) is 17.9 Å². The van der Waals surface area contributed by atoms with Crippen LogP contribution in [-0.4, -0.2) is 45.5 Å². The summed E-state index contributed by atoms with van der Waals surface area (Å²) in [4.78, 5) is 14.1. The van der Waals surface area contributed by atoms with Gasteiger partial charge in [0.15, 0.2) is 22.5 Å². The Morgan fingerprint density at radius 1 is 1.27 bits per heavy atom. The highest BCUT2D eigenvalue weighted by Crippen LogP contribution is 2.26. The summed E-state index contributed by atoms with van der Waals surface area (Å²) in [6.45, 7) is 2.95. The number of halogens is 2. The van der Waals surface area contributed by atoms with E-state index in [1.165, 1.54) is 24.9 Å². The third kappa shape index (κ3) is 5.12. The van der Waals surface area contributed by atoms with Crippen molar-refractivity contribution in [1.29, 1.82) is 0 Å². The van der Waals surface area contributed by atoms with Crippen LogP contribution in [0.4, 0.5) is 4.39 Å². The van der Waals surface area contributed by atoms with Crippen LogP contribution in [0.3, 0.4) is 0 Å². The number of rotatable bonds is 8. The molecule has 9 heteroatoms. The summed E-state index contributed by atoms with van der Waals surface area (Å²) in [7, 11) is 3.10. The molecule has 0 radical (unpaired) electrons. The van der Waals surface area contributed by atoms with Crippen molar-refractivity contribution in [3.63, 3.8) is 0 Å². The number of amides is 1. The summed E-state index contributed by atoms with van der Waals surface area (Å²) in [5.74, 6) is 0.540. The SMILES string of the molecule is CCn1c(SCC(=O)N(C)Cc2ccc(OC)c(F)c2)nnc1-c1cccc(Cl)c1. The second-order valence-electron chi connectivity index (χ2n) is 6.57. The maximum atomic E-state index is 13.9. The fourth-order valence-electron chi connectivity index (χ4n) is 2.93. The van der Waals surface area contributed by atoms with E-state index in [9.17, 15) is 9.18 Å². The van der Waals surface area contributed by atoms with Gasteiger partial charge in [-0.25, -0.2) is 4.39 Å². The lowest BCUT2D eigenvalue weighted by Gasteiger charge is -2.17. The number of methoxy groups -OCH3 is 1. The molecule has 0 fully saturated rings. The maximum absolute atomic E-state index is 13.9. The minimum Gasteiger partial charge on any atom is -0.494 e. The molecule has 0 aliphatic rings. The summed E-state index contributed by atoms with van der Waals surface area (Å²) in [6.07, 6.45) is 0. The van der Waals surface area contributed by atoms with Crippen LogP contribution in [0, 0.1) is 5.82 Å². The molecule has 0 aliphatic heterocycles. The number of hydrogen-bond acceptors (Lipinski definition) is 5. The molecule has 0 saturated carbocycles. The third-order valence-electron chi connectivity index (χ3n) is 4.50. The molecular formula is C21H22ClFN4O2S. The first-order valence-electron chi connectivity index (χ1n) is 9.31. The number of carbonyl (C=O) groups is 1. The lowest BCUT2D eigenvalue weighted by molar-refractivity contribution is -0.127. The molecule has 3 aromatic rings. The molecule has 158 valence electrons. The molecule has 0 aliphatic carbocycles. The molecule has 0 unspecified atom stereocenters. The monoisotopic (exact) mass is 448 g/mol. The van der Waals surface area contributed by atoms with E-state index in [-0.39, 0.29) is 17.4 Å². The summed E-state index contributed by atoms with van der Waals surface area (Å²) < 4.78 is 20.7. The van der Waals surface area contributed by atoms with Gasteiger partial charge in [0.05, 0.1) is 12.9 Å². The second kappa shape index (κ2) is 9.95. The number of hydrogen-bond donors (Lipinski definition) is 0.